The van der Waals surface area contributed by atoms with E-state index in [0.717, 1.165) is 34.9 Å². The molecule has 1 aromatic carbocycles. The summed E-state index contributed by atoms with van der Waals surface area (Å²) in [5, 5.41) is 6.97. The molecule has 0 unspecified atom stereocenters. The van der Waals surface area contributed by atoms with Crippen molar-refractivity contribution in [3.05, 3.63) is 34.4 Å². The van der Waals surface area contributed by atoms with Gasteiger partial charge < -0.3 is 5.32 Å². The minimum Gasteiger partial charge on any atom is -0.369 e. The van der Waals surface area contributed by atoms with Gasteiger partial charge in [-0.05, 0) is 25.5 Å². The Morgan fingerprint density at radius 2 is 2.10 bits per heavy atom. The van der Waals surface area contributed by atoms with E-state index in [2.05, 4.69) is 27.2 Å². The Bertz CT molecular complexity index is 784. The van der Waals surface area contributed by atoms with Crippen molar-refractivity contribution in [2.24, 2.45) is 0 Å². The Kier molecular flexibility index (Phi) is 3.79. The highest BCUT2D eigenvalue weighted by atomic mass is 32.1. The van der Waals surface area contributed by atoms with Crippen LogP contribution in [-0.2, 0) is 0 Å². The van der Waals surface area contributed by atoms with Gasteiger partial charge in [0, 0.05) is 23.4 Å². The molecule has 2 heterocycles. The second kappa shape index (κ2) is 5.73. The van der Waals surface area contributed by atoms with Crippen LogP contribution in [-0.4, -0.2) is 21.5 Å². The van der Waals surface area contributed by atoms with E-state index < -0.39 is 0 Å². The van der Waals surface area contributed by atoms with Crippen LogP contribution in [0.2, 0.25) is 0 Å². The predicted molar refractivity (Wildman–Crippen MR) is 84.1 cm³/mol. The van der Waals surface area contributed by atoms with Gasteiger partial charge in [0.15, 0.2) is 5.82 Å². The number of benzene rings is 1. The number of hydrogen-bond donors (Lipinski definition) is 1. The smallest absolute Gasteiger partial charge is 0.181 e. The zero-order valence-corrected chi connectivity index (χ0v) is 12.7. The van der Waals surface area contributed by atoms with E-state index in [0.29, 0.717) is 11.3 Å². The highest BCUT2D eigenvalue weighted by molar-refractivity contribution is 7.09. The van der Waals surface area contributed by atoms with Crippen molar-refractivity contribution in [3.8, 4) is 11.5 Å². The summed E-state index contributed by atoms with van der Waals surface area (Å²) in [4.78, 5) is 13.4. The molecule has 0 aliphatic carbocycles. The van der Waals surface area contributed by atoms with Crippen LogP contribution in [0, 0.1) is 12.7 Å². The Labute approximate surface area is 126 Å². The number of rotatable bonds is 4. The Morgan fingerprint density at radius 1 is 1.24 bits per heavy atom. The highest BCUT2D eigenvalue weighted by Gasteiger charge is 2.12. The summed E-state index contributed by atoms with van der Waals surface area (Å²) in [5.41, 5.74) is 1.31. The number of halogens is 1. The minimum absolute atomic E-state index is 0.303. The number of thiazole rings is 1. The molecule has 0 fully saturated rings. The zero-order valence-electron chi connectivity index (χ0n) is 11.9. The number of nitrogens with one attached hydrogen (secondary N) is 1. The quantitative estimate of drug-likeness (QED) is 0.790. The number of nitrogens with zero attached hydrogens (tertiary/aromatic N) is 3. The lowest BCUT2D eigenvalue weighted by atomic mass is 10.2. The van der Waals surface area contributed by atoms with E-state index in [9.17, 15) is 4.39 Å². The van der Waals surface area contributed by atoms with Gasteiger partial charge in [0.2, 0.25) is 0 Å². The summed E-state index contributed by atoms with van der Waals surface area (Å²) < 4.78 is 13.5. The molecule has 0 aliphatic rings. The Morgan fingerprint density at radius 3 is 2.81 bits per heavy atom. The summed E-state index contributed by atoms with van der Waals surface area (Å²) in [6.07, 6.45) is 0.984. The molecule has 3 aromatic rings. The lowest BCUT2D eigenvalue weighted by molar-refractivity contribution is 0.629. The molecule has 6 heteroatoms. The van der Waals surface area contributed by atoms with Gasteiger partial charge in [0.1, 0.15) is 17.3 Å². The molecule has 0 radical (unpaired) electrons. The predicted octanol–water partition coefficient (Wildman–Crippen LogP) is 4.02. The number of aryl methyl sites for hydroxylation is 1. The first-order valence-electron chi connectivity index (χ1n) is 6.81. The van der Waals surface area contributed by atoms with Gasteiger partial charge in [-0.15, -0.1) is 11.3 Å². The zero-order chi connectivity index (χ0) is 14.8. The average Bonchev–Trinajstić information content (AvgIpc) is 2.90. The monoisotopic (exact) mass is 302 g/mol. The summed E-state index contributed by atoms with van der Waals surface area (Å²) in [6, 6.07) is 4.56. The number of fused-ring (bicyclic) bond motifs is 1. The molecule has 0 atom stereocenters. The first kappa shape index (κ1) is 13.9. The van der Waals surface area contributed by atoms with Crippen LogP contribution < -0.4 is 5.32 Å². The largest absolute Gasteiger partial charge is 0.369 e. The molecular weight excluding hydrogens is 287 g/mol. The third kappa shape index (κ3) is 2.85. The summed E-state index contributed by atoms with van der Waals surface area (Å²) in [6.45, 7) is 4.82. The molecule has 0 aliphatic heterocycles. The van der Waals surface area contributed by atoms with E-state index >= 15 is 0 Å². The molecule has 21 heavy (non-hydrogen) atoms. The van der Waals surface area contributed by atoms with Crippen LogP contribution in [0.4, 0.5) is 10.2 Å². The van der Waals surface area contributed by atoms with Gasteiger partial charge in [-0.3, -0.25) is 0 Å². The lowest BCUT2D eigenvalue weighted by Gasteiger charge is -2.09. The summed E-state index contributed by atoms with van der Waals surface area (Å²) >= 11 is 1.55. The van der Waals surface area contributed by atoms with Crippen LogP contribution in [0.5, 0.6) is 0 Å². The molecule has 108 valence electrons. The fraction of sp³-hybridized carbons (Fsp3) is 0.267. The lowest BCUT2D eigenvalue weighted by Crippen LogP contribution is -2.05. The van der Waals surface area contributed by atoms with Crippen LogP contribution in [0.25, 0.3) is 22.4 Å². The molecule has 1 N–H and O–H groups in total. The van der Waals surface area contributed by atoms with Crippen molar-refractivity contribution in [2.45, 2.75) is 20.3 Å². The molecule has 0 saturated carbocycles. The third-order valence-electron chi connectivity index (χ3n) is 3.05. The molecule has 0 spiro atoms. The SMILES string of the molecule is CCCNc1nc(-c2csc(C)n2)nc2cc(F)ccc12. The van der Waals surface area contributed by atoms with Crippen LogP contribution in [0.1, 0.15) is 18.4 Å². The molecule has 4 nitrogen and oxygen atoms in total. The maximum absolute atomic E-state index is 13.5. The van der Waals surface area contributed by atoms with Crippen LogP contribution in [0.15, 0.2) is 23.6 Å². The topological polar surface area (TPSA) is 50.7 Å². The Hall–Kier alpha value is -2.08. The number of aromatic nitrogens is 3. The van der Waals surface area contributed by atoms with Gasteiger partial charge >= 0.3 is 0 Å². The summed E-state index contributed by atoms with van der Waals surface area (Å²) in [7, 11) is 0. The first-order valence-corrected chi connectivity index (χ1v) is 7.69. The molecule has 0 amide bonds. The average molecular weight is 302 g/mol. The van der Waals surface area contributed by atoms with Crippen molar-refractivity contribution < 1.29 is 4.39 Å². The molecular formula is C15H15FN4S. The normalized spacial score (nSPS) is 11.0. The van der Waals surface area contributed by atoms with E-state index in [-0.39, 0.29) is 5.82 Å². The highest BCUT2D eigenvalue weighted by Crippen LogP contribution is 2.26. The van der Waals surface area contributed by atoms with Gasteiger partial charge in [-0.25, -0.2) is 19.3 Å². The minimum atomic E-state index is -0.303. The number of anilines is 1. The second-order valence-corrected chi connectivity index (χ2v) is 5.80. The van der Waals surface area contributed by atoms with Crippen molar-refractivity contribution in [3.63, 3.8) is 0 Å². The van der Waals surface area contributed by atoms with Crippen molar-refractivity contribution in [1.29, 1.82) is 0 Å². The van der Waals surface area contributed by atoms with E-state index in [1.54, 1.807) is 17.4 Å². The van der Waals surface area contributed by atoms with Gasteiger partial charge in [-0.2, -0.15) is 0 Å². The fourth-order valence-corrected chi connectivity index (χ4v) is 2.65. The molecule has 2 aromatic heterocycles. The van der Waals surface area contributed by atoms with Gasteiger partial charge in [-0.1, -0.05) is 6.92 Å². The Balaban J connectivity index is 2.17. The maximum atomic E-state index is 13.5. The van der Waals surface area contributed by atoms with Crippen molar-refractivity contribution in [1.82, 2.24) is 15.0 Å². The summed E-state index contributed by atoms with van der Waals surface area (Å²) in [5.74, 6) is 0.946. The van der Waals surface area contributed by atoms with Crippen LogP contribution >= 0.6 is 11.3 Å². The van der Waals surface area contributed by atoms with Crippen molar-refractivity contribution >= 4 is 28.1 Å². The molecule has 3 rings (SSSR count). The first-order chi connectivity index (χ1) is 10.2. The van der Waals surface area contributed by atoms with Crippen molar-refractivity contribution in [2.75, 3.05) is 11.9 Å². The van der Waals surface area contributed by atoms with Crippen LogP contribution in [0.3, 0.4) is 0 Å². The maximum Gasteiger partial charge on any atom is 0.181 e. The number of hydrogen-bond acceptors (Lipinski definition) is 5. The third-order valence-corrected chi connectivity index (χ3v) is 3.82. The fourth-order valence-electron chi connectivity index (χ4n) is 2.06. The molecule has 0 bridgehead atoms. The van der Waals surface area contributed by atoms with E-state index in [1.165, 1.54) is 12.1 Å². The second-order valence-electron chi connectivity index (χ2n) is 4.74. The van der Waals surface area contributed by atoms with Gasteiger partial charge in [0.25, 0.3) is 0 Å². The van der Waals surface area contributed by atoms with Gasteiger partial charge in [0.05, 0.1) is 10.5 Å². The molecule has 0 saturated heterocycles. The standard InChI is InChI=1S/C15H15FN4S/c1-3-6-17-14-11-5-4-10(16)7-12(11)19-15(20-14)13-8-21-9(2)18-13/h4-5,7-8H,3,6H2,1-2H3,(H,17,19,20). The van der Waals surface area contributed by atoms with E-state index in [4.69, 9.17) is 0 Å². The van der Waals surface area contributed by atoms with E-state index in [1.807, 2.05) is 12.3 Å².